The summed E-state index contributed by atoms with van der Waals surface area (Å²) in [6.45, 7) is 1.14. The van der Waals surface area contributed by atoms with Crippen molar-refractivity contribution in [1.82, 2.24) is 9.88 Å². The molecule has 0 amide bonds. The fraction of sp³-hybridized carbons (Fsp3) is 0.579. The summed E-state index contributed by atoms with van der Waals surface area (Å²) < 4.78 is 0. The topological polar surface area (TPSA) is 45.0 Å². The van der Waals surface area contributed by atoms with Gasteiger partial charge in [0.1, 0.15) is 0 Å². The summed E-state index contributed by atoms with van der Waals surface area (Å²) in [7, 11) is 4.29. The quantitative estimate of drug-likeness (QED) is 0.841. The highest BCUT2D eigenvalue weighted by Crippen LogP contribution is 2.34. The number of hydrogen-bond donors (Lipinski definition) is 2. The first-order valence-corrected chi connectivity index (χ1v) is 8.72. The number of rotatable bonds is 4. The number of fused-ring (bicyclic) bond motifs is 3. The average molecular weight is 299 g/mol. The number of aromatic amines is 1. The van der Waals surface area contributed by atoms with Crippen LogP contribution in [0.15, 0.2) is 12.1 Å². The third-order valence-corrected chi connectivity index (χ3v) is 4.92. The molecular formula is C19H29N3. The van der Waals surface area contributed by atoms with Gasteiger partial charge in [-0.3, -0.25) is 0 Å². The molecule has 3 nitrogen and oxygen atoms in total. The van der Waals surface area contributed by atoms with E-state index >= 15 is 0 Å². The van der Waals surface area contributed by atoms with Crippen molar-refractivity contribution in [3.63, 3.8) is 0 Å². The summed E-state index contributed by atoms with van der Waals surface area (Å²) in [5.41, 5.74) is 12.8. The molecule has 1 heterocycles. The Kier molecular flexibility index (Phi) is 4.72. The van der Waals surface area contributed by atoms with E-state index in [2.05, 4.69) is 36.1 Å². The first kappa shape index (κ1) is 15.4. The predicted molar refractivity (Wildman–Crippen MR) is 95.5 cm³/mol. The van der Waals surface area contributed by atoms with Crippen molar-refractivity contribution in [1.29, 1.82) is 0 Å². The number of anilines is 1. The number of H-pyrrole nitrogens is 1. The largest absolute Gasteiger partial charge is 0.397 e. The van der Waals surface area contributed by atoms with Gasteiger partial charge >= 0.3 is 0 Å². The zero-order chi connectivity index (χ0) is 15.5. The highest BCUT2D eigenvalue weighted by Gasteiger charge is 2.17. The number of hydrogen-bond acceptors (Lipinski definition) is 2. The van der Waals surface area contributed by atoms with Gasteiger partial charge in [-0.2, -0.15) is 0 Å². The van der Waals surface area contributed by atoms with E-state index in [1.807, 2.05) is 0 Å². The summed E-state index contributed by atoms with van der Waals surface area (Å²) in [5, 5.41) is 1.44. The Morgan fingerprint density at radius 3 is 2.64 bits per heavy atom. The minimum atomic E-state index is 0.901. The van der Waals surface area contributed by atoms with E-state index in [-0.39, 0.29) is 0 Å². The molecule has 1 aliphatic rings. The maximum Gasteiger partial charge on any atom is 0.0695 e. The molecule has 1 aliphatic carbocycles. The molecule has 0 aliphatic heterocycles. The van der Waals surface area contributed by atoms with Gasteiger partial charge in [-0.15, -0.1) is 0 Å². The molecular weight excluding hydrogens is 270 g/mol. The van der Waals surface area contributed by atoms with E-state index < -0.39 is 0 Å². The molecule has 0 saturated carbocycles. The highest BCUT2D eigenvalue weighted by molar-refractivity contribution is 5.96. The van der Waals surface area contributed by atoms with Crippen LogP contribution < -0.4 is 5.73 Å². The SMILES string of the molecule is CN(C)CCCc1ccc(N)c2[nH]c3c(c12)CCCCCC3. The third-order valence-electron chi connectivity index (χ3n) is 4.92. The van der Waals surface area contributed by atoms with Crippen LogP contribution in [-0.2, 0) is 19.3 Å². The number of nitrogens with one attached hydrogen (secondary N) is 1. The molecule has 3 heteroatoms. The zero-order valence-electron chi connectivity index (χ0n) is 14.0. The van der Waals surface area contributed by atoms with E-state index in [9.17, 15) is 0 Å². The number of nitrogen functional groups attached to an aromatic ring is 1. The third kappa shape index (κ3) is 3.14. The van der Waals surface area contributed by atoms with Gasteiger partial charge in [0.15, 0.2) is 0 Å². The van der Waals surface area contributed by atoms with Gasteiger partial charge in [0.2, 0.25) is 0 Å². The van der Waals surface area contributed by atoms with Crippen molar-refractivity contribution in [3.05, 3.63) is 29.0 Å². The van der Waals surface area contributed by atoms with Crippen molar-refractivity contribution >= 4 is 16.6 Å². The molecule has 120 valence electrons. The van der Waals surface area contributed by atoms with Crippen molar-refractivity contribution < 1.29 is 0 Å². The van der Waals surface area contributed by atoms with E-state index in [1.165, 1.54) is 67.1 Å². The fourth-order valence-corrected chi connectivity index (χ4v) is 3.76. The molecule has 0 atom stereocenters. The van der Waals surface area contributed by atoms with Crippen LogP contribution in [0.5, 0.6) is 0 Å². The van der Waals surface area contributed by atoms with Crippen molar-refractivity contribution in [2.45, 2.75) is 51.4 Å². The lowest BCUT2D eigenvalue weighted by Crippen LogP contribution is -2.13. The Balaban J connectivity index is 1.99. The molecule has 0 saturated heterocycles. The van der Waals surface area contributed by atoms with Crippen LogP contribution in [0.25, 0.3) is 10.9 Å². The van der Waals surface area contributed by atoms with Gasteiger partial charge in [-0.1, -0.05) is 18.9 Å². The summed E-state index contributed by atoms with van der Waals surface area (Å²) in [6, 6.07) is 4.33. The molecule has 3 rings (SSSR count). The van der Waals surface area contributed by atoms with E-state index in [1.54, 1.807) is 5.56 Å². The number of benzene rings is 1. The van der Waals surface area contributed by atoms with Crippen LogP contribution >= 0.6 is 0 Å². The highest BCUT2D eigenvalue weighted by atomic mass is 15.0. The molecule has 0 radical (unpaired) electrons. The molecule has 0 bridgehead atoms. The van der Waals surface area contributed by atoms with E-state index in [4.69, 9.17) is 5.73 Å². The molecule has 1 aromatic heterocycles. The van der Waals surface area contributed by atoms with Gasteiger partial charge in [0.25, 0.3) is 0 Å². The Bertz CT molecular complexity index is 640. The molecule has 0 fully saturated rings. The van der Waals surface area contributed by atoms with Crippen LogP contribution in [-0.4, -0.2) is 30.5 Å². The predicted octanol–water partition coefficient (Wildman–Crippen LogP) is 3.90. The van der Waals surface area contributed by atoms with Gasteiger partial charge in [-0.25, -0.2) is 0 Å². The minimum absolute atomic E-state index is 0.901. The van der Waals surface area contributed by atoms with Gasteiger partial charge in [0.05, 0.1) is 11.2 Å². The average Bonchev–Trinajstić information content (AvgIpc) is 2.80. The summed E-state index contributed by atoms with van der Waals surface area (Å²) in [4.78, 5) is 5.92. The van der Waals surface area contributed by atoms with Crippen molar-refractivity contribution in [2.24, 2.45) is 0 Å². The van der Waals surface area contributed by atoms with Crippen LogP contribution in [0.1, 0.15) is 48.9 Å². The molecule has 1 aromatic carbocycles. The second-order valence-corrected chi connectivity index (χ2v) is 6.97. The van der Waals surface area contributed by atoms with E-state index in [0.29, 0.717) is 0 Å². The van der Waals surface area contributed by atoms with Crippen molar-refractivity contribution in [3.8, 4) is 0 Å². The Morgan fingerprint density at radius 1 is 1.09 bits per heavy atom. The maximum atomic E-state index is 6.25. The molecule has 22 heavy (non-hydrogen) atoms. The Hall–Kier alpha value is -1.48. The smallest absolute Gasteiger partial charge is 0.0695 e. The molecule has 2 aromatic rings. The summed E-state index contributed by atoms with van der Waals surface area (Å²) >= 11 is 0. The maximum absolute atomic E-state index is 6.25. The van der Waals surface area contributed by atoms with Gasteiger partial charge < -0.3 is 15.6 Å². The molecule has 0 unspecified atom stereocenters. The van der Waals surface area contributed by atoms with Crippen LogP contribution in [0.3, 0.4) is 0 Å². The summed E-state index contributed by atoms with van der Waals surface area (Å²) in [5.74, 6) is 0. The zero-order valence-corrected chi connectivity index (χ0v) is 14.0. The first-order valence-electron chi connectivity index (χ1n) is 8.72. The minimum Gasteiger partial charge on any atom is -0.397 e. The number of aromatic nitrogens is 1. The molecule has 0 spiro atoms. The number of nitrogens with two attached hydrogens (primary N) is 1. The standard InChI is InChI=1S/C19H29N3/c1-22(2)13-7-8-14-11-12-16(20)19-18(14)15-9-5-3-4-6-10-17(15)21-19/h11-12,21H,3-10,13,20H2,1-2H3. The number of aryl methyl sites for hydroxylation is 3. The van der Waals surface area contributed by atoms with Crippen molar-refractivity contribution in [2.75, 3.05) is 26.4 Å². The monoisotopic (exact) mass is 299 g/mol. The van der Waals surface area contributed by atoms with Gasteiger partial charge in [-0.05, 0) is 76.4 Å². The fourth-order valence-electron chi connectivity index (χ4n) is 3.76. The van der Waals surface area contributed by atoms with Gasteiger partial charge in [0, 0.05) is 11.1 Å². The van der Waals surface area contributed by atoms with E-state index in [0.717, 1.165) is 18.7 Å². The van der Waals surface area contributed by atoms with Crippen LogP contribution in [0.2, 0.25) is 0 Å². The second-order valence-electron chi connectivity index (χ2n) is 6.97. The number of nitrogens with zero attached hydrogens (tertiary/aromatic N) is 1. The first-order chi connectivity index (χ1) is 10.7. The lowest BCUT2D eigenvalue weighted by molar-refractivity contribution is 0.400. The molecule has 3 N–H and O–H groups in total. The van der Waals surface area contributed by atoms with Crippen LogP contribution in [0, 0.1) is 0 Å². The summed E-state index contributed by atoms with van der Waals surface area (Å²) in [6.07, 6.45) is 10.1. The normalized spacial score (nSPS) is 15.8. The Labute approximate surface area is 133 Å². The Morgan fingerprint density at radius 2 is 1.86 bits per heavy atom. The lowest BCUT2D eigenvalue weighted by Gasteiger charge is -2.13. The lowest BCUT2D eigenvalue weighted by atomic mass is 9.93. The van der Waals surface area contributed by atoms with Crippen LogP contribution in [0.4, 0.5) is 5.69 Å². The second kappa shape index (κ2) is 6.74.